The van der Waals surface area contributed by atoms with Gasteiger partial charge in [0.05, 0.1) is 10.7 Å². The van der Waals surface area contributed by atoms with Gasteiger partial charge in [0.2, 0.25) is 0 Å². The van der Waals surface area contributed by atoms with Crippen molar-refractivity contribution in [2.24, 2.45) is 11.8 Å². The third-order valence-corrected chi connectivity index (χ3v) is 4.91. The molecule has 1 aliphatic carbocycles. The van der Waals surface area contributed by atoms with E-state index in [0.29, 0.717) is 24.1 Å². The largest absolute Gasteiger partial charge is 0.348 e. The zero-order valence-corrected chi connectivity index (χ0v) is 13.4. The lowest BCUT2D eigenvalue weighted by atomic mass is 9.78. The number of aromatic nitrogens is 2. The molecule has 0 radical (unpaired) electrons. The van der Waals surface area contributed by atoms with Crippen LogP contribution in [0.1, 0.15) is 50.5 Å². The number of hydrogen-bond donors (Lipinski definition) is 1. The summed E-state index contributed by atoms with van der Waals surface area (Å²) in [6, 6.07) is 0.281. The maximum Gasteiger partial charge on any atom is 0.270 e. The van der Waals surface area contributed by atoms with Crippen molar-refractivity contribution in [2.75, 3.05) is 0 Å². The van der Waals surface area contributed by atoms with Crippen LogP contribution in [0, 0.1) is 11.8 Å². The fraction of sp³-hybridized carbons (Fsp3) is 0.714. The smallest absolute Gasteiger partial charge is 0.270 e. The summed E-state index contributed by atoms with van der Waals surface area (Å²) < 4.78 is 2.50. The van der Waals surface area contributed by atoms with E-state index in [-0.39, 0.29) is 11.9 Å². The molecular weight excluding hydrogens is 306 g/mol. The second-order valence-corrected chi connectivity index (χ2v) is 6.36. The second kappa shape index (κ2) is 6.07. The van der Waals surface area contributed by atoms with E-state index < -0.39 is 0 Å². The first-order valence-electron chi connectivity index (χ1n) is 7.06. The highest BCUT2D eigenvalue weighted by Gasteiger charge is 2.29. The van der Waals surface area contributed by atoms with E-state index in [9.17, 15) is 4.79 Å². The maximum absolute atomic E-state index is 12.4. The Bertz CT molecular complexity index is 458. The lowest BCUT2D eigenvalue weighted by Gasteiger charge is -2.34. The van der Waals surface area contributed by atoms with Gasteiger partial charge in [0.15, 0.2) is 0 Å². The van der Waals surface area contributed by atoms with Crippen LogP contribution in [-0.4, -0.2) is 21.7 Å². The number of amides is 1. The van der Waals surface area contributed by atoms with Gasteiger partial charge in [0, 0.05) is 12.6 Å². The molecule has 1 N–H and O–H groups in total. The number of nitrogens with zero attached hydrogens (tertiary/aromatic N) is 2. The molecule has 106 valence electrons. The molecule has 0 spiro atoms. The van der Waals surface area contributed by atoms with Crippen molar-refractivity contribution in [3.8, 4) is 0 Å². The highest BCUT2D eigenvalue weighted by molar-refractivity contribution is 9.10. The Morgan fingerprint density at radius 1 is 1.53 bits per heavy atom. The number of aryl methyl sites for hydroxylation is 1. The normalized spacial score (nSPS) is 27.3. The third-order valence-electron chi connectivity index (χ3n) is 4.33. The van der Waals surface area contributed by atoms with E-state index in [1.165, 1.54) is 12.8 Å². The van der Waals surface area contributed by atoms with Crippen molar-refractivity contribution in [1.29, 1.82) is 0 Å². The average Bonchev–Trinajstić information content (AvgIpc) is 2.76. The van der Waals surface area contributed by atoms with E-state index in [0.717, 1.165) is 10.9 Å². The molecule has 0 saturated heterocycles. The van der Waals surface area contributed by atoms with Crippen LogP contribution >= 0.6 is 15.9 Å². The predicted molar refractivity (Wildman–Crippen MR) is 79.0 cm³/mol. The number of carbonyl (C=O) groups is 1. The van der Waals surface area contributed by atoms with Crippen LogP contribution in [0.5, 0.6) is 0 Å². The van der Waals surface area contributed by atoms with Crippen molar-refractivity contribution in [3.05, 3.63) is 16.4 Å². The molecule has 3 atom stereocenters. The van der Waals surface area contributed by atoms with Crippen LogP contribution in [0.15, 0.2) is 10.7 Å². The van der Waals surface area contributed by atoms with Gasteiger partial charge in [-0.2, -0.15) is 5.10 Å². The number of carbonyl (C=O) groups excluding carboxylic acids is 1. The van der Waals surface area contributed by atoms with Gasteiger partial charge in [-0.25, -0.2) is 0 Å². The Kier molecular flexibility index (Phi) is 4.66. The van der Waals surface area contributed by atoms with Crippen LogP contribution in [0.2, 0.25) is 0 Å². The summed E-state index contributed by atoms with van der Waals surface area (Å²) in [6.45, 7) is 7.20. The van der Waals surface area contributed by atoms with Gasteiger partial charge >= 0.3 is 0 Å². The molecule has 1 saturated carbocycles. The van der Waals surface area contributed by atoms with E-state index in [2.05, 4.69) is 40.2 Å². The fourth-order valence-corrected chi connectivity index (χ4v) is 3.33. The predicted octanol–water partition coefficient (Wildman–Crippen LogP) is 3.22. The molecule has 0 aliphatic heterocycles. The summed E-state index contributed by atoms with van der Waals surface area (Å²) in [4.78, 5) is 12.4. The summed E-state index contributed by atoms with van der Waals surface area (Å²) in [5.41, 5.74) is 0.632. The van der Waals surface area contributed by atoms with Crippen molar-refractivity contribution in [3.63, 3.8) is 0 Å². The van der Waals surface area contributed by atoms with Crippen LogP contribution in [0.4, 0.5) is 0 Å². The molecule has 0 bridgehead atoms. The minimum absolute atomic E-state index is 0.0165. The molecule has 4 nitrogen and oxygen atoms in total. The second-order valence-electron chi connectivity index (χ2n) is 5.50. The number of rotatable bonds is 3. The summed E-state index contributed by atoms with van der Waals surface area (Å²) in [7, 11) is 0. The zero-order chi connectivity index (χ0) is 14.0. The lowest BCUT2D eigenvalue weighted by Crippen LogP contribution is -2.44. The van der Waals surface area contributed by atoms with Crippen molar-refractivity contribution < 1.29 is 4.79 Å². The van der Waals surface area contributed by atoms with Gasteiger partial charge in [-0.1, -0.05) is 26.7 Å². The van der Waals surface area contributed by atoms with Gasteiger partial charge in [-0.15, -0.1) is 0 Å². The van der Waals surface area contributed by atoms with Gasteiger partial charge < -0.3 is 5.32 Å². The quantitative estimate of drug-likeness (QED) is 0.926. The van der Waals surface area contributed by atoms with Crippen molar-refractivity contribution >= 4 is 21.8 Å². The first-order valence-corrected chi connectivity index (χ1v) is 7.86. The Balaban J connectivity index is 2.10. The van der Waals surface area contributed by atoms with Gasteiger partial charge in [-0.05, 0) is 41.1 Å². The Morgan fingerprint density at radius 2 is 2.26 bits per heavy atom. The minimum Gasteiger partial charge on any atom is -0.348 e. The molecule has 1 aromatic rings. The summed E-state index contributed by atoms with van der Waals surface area (Å²) in [6.07, 6.45) is 5.23. The minimum atomic E-state index is -0.0165. The summed E-state index contributed by atoms with van der Waals surface area (Å²) in [5, 5.41) is 7.38. The summed E-state index contributed by atoms with van der Waals surface area (Å²) in [5.74, 6) is 1.20. The first-order chi connectivity index (χ1) is 9.04. The highest BCUT2D eigenvalue weighted by atomic mass is 79.9. The first kappa shape index (κ1) is 14.6. The molecule has 1 aromatic heterocycles. The molecule has 19 heavy (non-hydrogen) atoms. The monoisotopic (exact) mass is 327 g/mol. The highest BCUT2D eigenvalue weighted by Crippen LogP contribution is 2.30. The maximum atomic E-state index is 12.4. The number of hydrogen-bond acceptors (Lipinski definition) is 2. The fourth-order valence-electron chi connectivity index (χ4n) is 2.85. The molecule has 5 heteroatoms. The molecule has 2 rings (SSSR count). The third kappa shape index (κ3) is 3.02. The van der Waals surface area contributed by atoms with Gasteiger partial charge in [0.1, 0.15) is 5.69 Å². The lowest BCUT2D eigenvalue weighted by molar-refractivity contribution is 0.0879. The van der Waals surface area contributed by atoms with Crippen molar-refractivity contribution in [2.45, 2.75) is 52.6 Å². The summed E-state index contributed by atoms with van der Waals surface area (Å²) >= 11 is 3.41. The van der Waals surface area contributed by atoms with E-state index in [1.54, 1.807) is 10.9 Å². The molecule has 1 heterocycles. The zero-order valence-electron chi connectivity index (χ0n) is 11.8. The number of nitrogens with one attached hydrogen (secondary N) is 1. The van der Waals surface area contributed by atoms with Gasteiger partial charge in [0.25, 0.3) is 5.91 Å². The standard InChI is InChI=1S/C14H22BrN3O/c1-4-18-13(11(15)8-16-18)14(19)17-12-7-5-6-9(2)10(12)3/h8-10,12H,4-7H2,1-3H3,(H,17,19)/t9-,10-,12+/m0/s1. The SMILES string of the molecule is CCn1ncc(Br)c1C(=O)N[C@@H]1CCC[C@H](C)[C@@H]1C. The topological polar surface area (TPSA) is 46.9 Å². The Hall–Kier alpha value is -0.840. The average molecular weight is 328 g/mol. The van der Waals surface area contributed by atoms with Crippen LogP contribution in [0.3, 0.4) is 0 Å². The molecule has 1 aliphatic rings. The molecular formula is C14H22BrN3O. The molecule has 0 aromatic carbocycles. The Labute approximate surface area is 123 Å². The molecule has 0 unspecified atom stereocenters. The molecule has 1 fully saturated rings. The van der Waals surface area contributed by atoms with E-state index in [4.69, 9.17) is 0 Å². The van der Waals surface area contributed by atoms with Gasteiger partial charge in [-0.3, -0.25) is 9.48 Å². The van der Waals surface area contributed by atoms with Crippen molar-refractivity contribution in [1.82, 2.24) is 15.1 Å². The van der Waals surface area contributed by atoms with E-state index in [1.807, 2.05) is 6.92 Å². The number of halogens is 1. The van der Waals surface area contributed by atoms with Crippen LogP contribution < -0.4 is 5.32 Å². The molecule has 1 amide bonds. The van der Waals surface area contributed by atoms with E-state index >= 15 is 0 Å². The van der Waals surface area contributed by atoms with Crippen LogP contribution in [-0.2, 0) is 6.54 Å². The Morgan fingerprint density at radius 3 is 2.95 bits per heavy atom. The van der Waals surface area contributed by atoms with Crippen LogP contribution in [0.25, 0.3) is 0 Å².